The van der Waals surface area contributed by atoms with E-state index in [-0.39, 0.29) is 41.4 Å². The molecule has 0 aromatic carbocycles. The number of fused-ring (bicyclic) bond motifs is 1. The molecular weight excluding hydrogens is 611 g/mol. The molecule has 4 heterocycles. The first-order valence-electron chi connectivity index (χ1n) is 14.3. The van der Waals surface area contributed by atoms with E-state index in [0.717, 1.165) is 11.1 Å². The molecule has 1 aliphatic carbocycles. The number of nitrogens with one attached hydrogen (secondary N) is 1. The lowest BCUT2D eigenvalue weighted by atomic mass is 9.81. The molecule has 5 rings (SSSR count). The van der Waals surface area contributed by atoms with Crippen LogP contribution in [0.1, 0.15) is 99.0 Å². The van der Waals surface area contributed by atoms with E-state index < -0.39 is 85.5 Å². The van der Waals surface area contributed by atoms with Gasteiger partial charge < -0.3 is 15.2 Å². The fourth-order valence-electron chi connectivity index (χ4n) is 5.65. The predicted molar refractivity (Wildman–Crippen MR) is 143 cm³/mol. The lowest BCUT2D eigenvalue weighted by Crippen LogP contribution is -2.56. The molecule has 0 bridgehead atoms. The summed E-state index contributed by atoms with van der Waals surface area (Å²) >= 11 is 0. The number of likely N-dealkylation sites (tertiary alicyclic amines) is 1. The first-order chi connectivity index (χ1) is 20.9. The maximum atomic E-state index is 14.0. The lowest BCUT2D eigenvalue weighted by molar-refractivity contribution is -0.277. The predicted octanol–water partition coefficient (Wildman–Crippen LogP) is 4.48. The van der Waals surface area contributed by atoms with E-state index in [1.807, 2.05) is 0 Å². The maximum absolute atomic E-state index is 14.0. The molecule has 2 unspecified atom stereocenters. The molecule has 45 heavy (non-hydrogen) atoms. The summed E-state index contributed by atoms with van der Waals surface area (Å²) < 4.78 is 80.9. The standard InChI is InChI=1S/C27H33F5N8O5/c1-14-19(38-45-37-14)21(41)36-20(15-5-7-26(28,29)8-6-15)17-13-40-22(35-17)34-16(12-33-40)18-11-25(43,27(30,31)32)9-10-39(18)23(42)44-24(2,3)4/h12-13,15,18,20,43H,5-11H2,1-4H3,(H,36,41)/t18?,20-,25?/m0/s1. The number of aliphatic hydroxyl groups is 1. The molecule has 2 N–H and O–H groups in total. The Hall–Kier alpha value is -3.96. The molecular formula is C27H33F5N8O5. The average Bonchev–Trinajstić information content (AvgIpc) is 3.55. The number of halogens is 5. The van der Waals surface area contributed by atoms with Crippen molar-refractivity contribution in [3.8, 4) is 0 Å². The second kappa shape index (κ2) is 11.4. The van der Waals surface area contributed by atoms with Crippen LogP contribution < -0.4 is 5.32 Å². The second-order valence-electron chi connectivity index (χ2n) is 12.6. The average molecular weight is 645 g/mol. The number of hydrogen-bond donors (Lipinski definition) is 2. The van der Waals surface area contributed by atoms with Gasteiger partial charge in [0.1, 0.15) is 11.3 Å². The van der Waals surface area contributed by atoms with Crippen molar-refractivity contribution in [1.29, 1.82) is 0 Å². The number of aryl methyl sites for hydroxylation is 1. The number of ether oxygens (including phenoxy) is 1. The normalized spacial score (nSPS) is 23.6. The van der Waals surface area contributed by atoms with Gasteiger partial charge in [-0.3, -0.25) is 9.69 Å². The molecule has 1 aliphatic heterocycles. The molecule has 2 aliphatic rings. The van der Waals surface area contributed by atoms with Crippen molar-refractivity contribution < 1.29 is 46.0 Å². The Morgan fingerprint density at radius 2 is 1.82 bits per heavy atom. The number of alkyl halides is 5. The van der Waals surface area contributed by atoms with Gasteiger partial charge in [0.25, 0.3) is 11.7 Å². The second-order valence-corrected chi connectivity index (χ2v) is 12.6. The van der Waals surface area contributed by atoms with Crippen molar-refractivity contribution in [1.82, 2.24) is 40.1 Å². The van der Waals surface area contributed by atoms with E-state index in [2.05, 4.69) is 35.3 Å². The molecule has 3 aromatic rings. The van der Waals surface area contributed by atoms with Crippen LogP contribution >= 0.6 is 0 Å². The zero-order valence-corrected chi connectivity index (χ0v) is 24.9. The summed E-state index contributed by atoms with van der Waals surface area (Å²) in [4.78, 5) is 36.0. The molecule has 3 aromatic heterocycles. The highest BCUT2D eigenvalue weighted by Gasteiger charge is 2.58. The summed E-state index contributed by atoms with van der Waals surface area (Å²) in [7, 11) is 0. The van der Waals surface area contributed by atoms with Gasteiger partial charge in [0, 0.05) is 32.2 Å². The number of carbonyl (C=O) groups is 2. The Bertz CT molecular complexity index is 1560. The Labute approximate surface area is 253 Å². The SMILES string of the molecule is Cc1nonc1C(=O)N[C@H](c1cn2ncc(C3CC(O)(C(F)(F)F)CCN3C(=O)OC(C)(C)C)nc2n1)C1CCC(F)(F)CC1. The largest absolute Gasteiger partial charge is 0.444 e. The van der Waals surface area contributed by atoms with Crippen LogP contribution in [0.5, 0.6) is 0 Å². The number of amides is 2. The van der Waals surface area contributed by atoms with E-state index in [4.69, 9.17) is 4.74 Å². The Balaban J connectivity index is 1.50. The minimum atomic E-state index is -4.98. The summed E-state index contributed by atoms with van der Waals surface area (Å²) in [5.74, 6) is -4.06. The first kappa shape index (κ1) is 32.4. The third-order valence-electron chi connectivity index (χ3n) is 8.11. The fraction of sp³-hybridized carbons (Fsp3) is 0.667. The van der Waals surface area contributed by atoms with E-state index >= 15 is 0 Å². The molecule has 1 saturated carbocycles. The number of carbonyl (C=O) groups excluding carboxylic acids is 2. The highest BCUT2D eigenvalue weighted by molar-refractivity contribution is 5.93. The van der Waals surface area contributed by atoms with Gasteiger partial charge in [-0.05, 0) is 51.6 Å². The third-order valence-corrected chi connectivity index (χ3v) is 8.11. The molecule has 18 heteroatoms. The molecule has 3 atom stereocenters. The van der Waals surface area contributed by atoms with Crippen LogP contribution in [0.2, 0.25) is 0 Å². The minimum absolute atomic E-state index is 0.0664. The maximum Gasteiger partial charge on any atom is 0.417 e. The summed E-state index contributed by atoms with van der Waals surface area (Å²) in [6, 6.07) is -2.27. The van der Waals surface area contributed by atoms with Crippen LogP contribution in [0.3, 0.4) is 0 Å². The van der Waals surface area contributed by atoms with Crippen molar-refractivity contribution in [3.63, 3.8) is 0 Å². The van der Waals surface area contributed by atoms with Crippen LogP contribution in [0.4, 0.5) is 26.7 Å². The van der Waals surface area contributed by atoms with Crippen LogP contribution in [-0.4, -0.2) is 81.7 Å². The summed E-state index contributed by atoms with van der Waals surface area (Å²) in [5.41, 5.74) is -3.81. The van der Waals surface area contributed by atoms with E-state index in [9.17, 15) is 36.6 Å². The number of hydrogen-bond acceptors (Lipinski definition) is 10. The minimum Gasteiger partial charge on any atom is -0.444 e. The fourth-order valence-corrected chi connectivity index (χ4v) is 5.65. The van der Waals surface area contributed by atoms with E-state index in [1.54, 1.807) is 20.8 Å². The van der Waals surface area contributed by atoms with Crippen LogP contribution in [-0.2, 0) is 4.74 Å². The van der Waals surface area contributed by atoms with Crippen molar-refractivity contribution in [2.24, 2.45) is 5.92 Å². The quantitative estimate of drug-likeness (QED) is 0.379. The summed E-state index contributed by atoms with van der Waals surface area (Å²) in [6.45, 7) is 5.86. The number of aromatic nitrogens is 6. The first-order valence-corrected chi connectivity index (χ1v) is 14.3. The van der Waals surface area contributed by atoms with Crippen LogP contribution in [0.25, 0.3) is 5.78 Å². The zero-order valence-electron chi connectivity index (χ0n) is 24.9. The van der Waals surface area contributed by atoms with Gasteiger partial charge in [0.2, 0.25) is 5.92 Å². The molecule has 2 fully saturated rings. The third kappa shape index (κ3) is 6.84. The van der Waals surface area contributed by atoms with Crippen LogP contribution in [0.15, 0.2) is 17.0 Å². The van der Waals surface area contributed by atoms with Crippen molar-refractivity contribution in [2.45, 2.75) is 102 Å². The van der Waals surface area contributed by atoms with Crippen molar-refractivity contribution in [2.75, 3.05) is 6.54 Å². The molecule has 2 amide bonds. The van der Waals surface area contributed by atoms with E-state index in [0.29, 0.717) is 0 Å². The van der Waals surface area contributed by atoms with Gasteiger partial charge in [-0.1, -0.05) is 5.16 Å². The number of imidazole rings is 1. The highest BCUT2D eigenvalue weighted by Crippen LogP contribution is 2.45. The van der Waals surface area contributed by atoms with Gasteiger partial charge in [-0.2, -0.15) is 18.3 Å². The van der Waals surface area contributed by atoms with Crippen LogP contribution in [0, 0.1) is 12.8 Å². The Kier molecular flexibility index (Phi) is 8.24. The topological polar surface area (TPSA) is 161 Å². The smallest absolute Gasteiger partial charge is 0.417 e. The number of nitrogens with zero attached hydrogens (tertiary/aromatic N) is 7. The number of piperidine rings is 1. The Morgan fingerprint density at radius 1 is 1.13 bits per heavy atom. The zero-order chi connectivity index (χ0) is 32.9. The van der Waals surface area contributed by atoms with Gasteiger partial charge in [-0.25, -0.2) is 32.7 Å². The summed E-state index contributed by atoms with van der Waals surface area (Å²) in [5, 5.41) is 24.7. The van der Waals surface area contributed by atoms with Gasteiger partial charge in [0.15, 0.2) is 11.3 Å². The molecule has 13 nitrogen and oxygen atoms in total. The Morgan fingerprint density at radius 3 is 2.42 bits per heavy atom. The van der Waals surface area contributed by atoms with Gasteiger partial charge >= 0.3 is 12.3 Å². The molecule has 0 spiro atoms. The van der Waals surface area contributed by atoms with Crippen molar-refractivity contribution in [3.05, 3.63) is 35.2 Å². The van der Waals surface area contributed by atoms with Crippen molar-refractivity contribution >= 4 is 17.8 Å². The lowest BCUT2D eigenvalue weighted by Gasteiger charge is -2.44. The van der Waals surface area contributed by atoms with Gasteiger partial charge in [0.05, 0.1) is 35.9 Å². The summed E-state index contributed by atoms with van der Waals surface area (Å²) in [6.07, 6.45) is -5.64. The molecule has 0 radical (unpaired) electrons. The van der Waals surface area contributed by atoms with Gasteiger partial charge in [-0.15, -0.1) is 0 Å². The highest BCUT2D eigenvalue weighted by atomic mass is 19.4. The monoisotopic (exact) mass is 644 g/mol. The molecule has 1 saturated heterocycles. The van der Waals surface area contributed by atoms with E-state index in [1.165, 1.54) is 17.6 Å². The molecule has 246 valence electrons. The number of rotatable bonds is 5.